The molecule has 0 heterocycles. The van der Waals surface area contributed by atoms with Gasteiger partial charge in [0.1, 0.15) is 73.8 Å². The van der Waals surface area contributed by atoms with E-state index < -0.39 is 74.8 Å². The number of anilines is 2. The van der Waals surface area contributed by atoms with E-state index >= 15 is 0 Å². The minimum Gasteiger partial charge on any atom is -0.497 e. The van der Waals surface area contributed by atoms with E-state index in [0.29, 0.717) is 0 Å². The summed E-state index contributed by atoms with van der Waals surface area (Å²) in [6.45, 7) is -4.06. The van der Waals surface area contributed by atoms with E-state index in [0.717, 1.165) is 9.80 Å². The van der Waals surface area contributed by atoms with E-state index in [1.165, 1.54) is 87.0 Å². The molecule has 4 N–H and O–H groups in total. The molecule has 0 aliphatic heterocycles. The van der Waals surface area contributed by atoms with Crippen molar-refractivity contribution in [3.8, 4) is 23.0 Å². The number of aliphatic carboxylic acids is 4. The van der Waals surface area contributed by atoms with Gasteiger partial charge in [-0.2, -0.15) is 0 Å². The molecule has 0 bridgehead atoms. The van der Waals surface area contributed by atoms with Gasteiger partial charge in [0.2, 0.25) is 0 Å². The maximum atomic E-state index is 13.6. The summed E-state index contributed by atoms with van der Waals surface area (Å²) >= 11 is 0. The molecule has 4 aromatic carbocycles. The quantitative estimate of drug-likeness (QED) is 0.0460. The molecule has 0 atom stereocenters. The van der Waals surface area contributed by atoms with Crippen LogP contribution in [0.4, 0.5) is 22.7 Å². The topological polar surface area (TPSA) is 286 Å². The first kappa shape index (κ1) is 42.8. The van der Waals surface area contributed by atoms with Crippen LogP contribution < -0.4 is 28.7 Å². The molecule has 0 spiro atoms. The monoisotopic (exact) mass is 802 g/mol. The summed E-state index contributed by atoms with van der Waals surface area (Å²) in [5.74, 6) is -6.97. The summed E-state index contributed by atoms with van der Waals surface area (Å²) in [6.07, 6.45) is 0. The third-order valence-corrected chi connectivity index (χ3v) is 8.12. The first-order chi connectivity index (χ1) is 27.7. The van der Waals surface area contributed by atoms with Crippen LogP contribution in [-0.4, -0.2) is 109 Å². The average molecular weight is 803 g/mol. The van der Waals surface area contributed by atoms with Gasteiger partial charge >= 0.3 is 23.9 Å². The largest absolute Gasteiger partial charge is 0.497 e. The smallest absolute Gasteiger partial charge is 0.323 e. The van der Waals surface area contributed by atoms with Crippen LogP contribution >= 0.6 is 0 Å². The fourth-order valence-electron chi connectivity index (χ4n) is 5.59. The van der Waals surface area contributed by atoms with Crippen molar-refractivity contribution >= 4 is 58.2 Å². The number of hydrogen-bond donors (Lipinski definition) is 4. The second-order valence-corrected chi connectivity index (χ2v) is 12.0. The number of nitrogens with zero attached hydrogens (tertiary/aromatic N) is 4. The van der Waals surface area contributed by atoms with Crippen LogP contribution in [0.3, 0.4) is 0 Å². The molecule has 20 heteroatoms. The van der Waals surface area contributed by atoms with Crippen molar-refractivity contribution in [2.45, 2.75) is 0 Å². The molecule has 302 valence electrons. The molecule has 0 saturated carbocycles. The Kier molecular flexibility index (Phi) is 14.5. The second kappa shape index (κ2) is 19.6. The molecular weight excluding hydrogens is 768 g/mol. The number of methoxy groups -OCH3 is 2. The third-order valence-electron chi connectivity index (χ3n) is 8.12. The highest BCUT2D eigenvalue weighted by atomic mass is 16.5. The minimum atomic E-state index is -1.40. The number of ketones is 2. The van der Waals surface area contributed by atoms with Gasteiger partial charge in [-0.25, -0.2) is 0 Å². The van der Waals surface area contributed by atoms with E-state index in [4.69, 9.17) is 18.9 Å². The van der Waals surface area contributed by atoms with E-state index in [9.17, 15) is 59.0 Å². The van der Waals surface area contributed by atoms with Crippen LogP contribution in [0.1, 0.15) is 31.8 Å². The number of carboxylic acids is 4. The molecule has 0 radical (unpaired) electrons. The molecule has 4 rings (SSSR count). The first-order valence-corrected chi connectivity index (χ1v) is 16.7. The van der Waals surface area contributed by atoms with Crippen LogP contribution in [0.25, 0.3) is 0 Å². The maximum absolute atomic E-state index is 13.6. The second-order valence-electron chi connectivity index (χ2n) is 12.0. The Hall–Kier alpha value is -7.90. The van der Waals surface area contributed by atoms with Crippen molar-refractivity contribution in [2.24, 2.45) is 10.4 Å². The fourth-order valence-corrected chi connectivity index (χ4v) is 5.59. The van der Waals surface area contributed by atoms with E-state index in [2.05, 4.69) is 10.4 Å². The molecule has 20 nitrogen and oxygen atoms in total. The lowest BCUT2D eigenvalue weighted by molar-refractivity contribution is -0.138. The standard InChI is InChI=1S/C38H34N4O16/c1-55-23-5-7-27(39-53)25(15-23)37(51)21-3-9-29(41(17-33(43)44)18-34(45)46)31(13-21)57-11-12-58-32-14-22(4-10-30(32)42(19-35(47)48)20-36(49)50)38(52)26-16-24(56-2)6-8-28(26)40-54/h3-10,13-16H,11-12,17-20H2,1-2H3,(H,43,44)(H,45,46)(H,47,48)(H,49,50). The Labute approximate surface area is 327 Å². The lowest BCUT2D eigenvalue weighted by atomic mass is 10.0. The van der Waals surface area contributed by atoms with Crippen molar-refractivity contribution in [1.29, 1.82) is 0 Å². The zero-order chi connectivity index (χ0) is 42.5. The van der Waals surface area contributed by atoms with Crippen LogP contribution in [0.2, 0.25) is 0 Å². The van der Waals surface area contributed by atoms with E-state index in [-0.39, 0.29) is 68.0 Å². The molecule has 4 aromatic rings. The summed E-state index contributed by atoms with van der Waals surface area (Å²) < 4.78 is 22.2. The van der Waals surface area contributed by atoms with Gasteiger partial charge in [-0.15, -0.1) is 9.81 Å². The molecular formula is C38H34N4O16. The number of rotatable bonds is 23. The summed E-state index contributed by atoms with van der Waals surface area (Å²) in [5, 5.41) is 43.9. The van der Waals surface area contributed by atoms with Gasteiger partial charge in [-0.05, 0) is 83.2 Å². The molecule has 0 fully saturated rings. The number of hydrogen-bond acceptors (Lipinski definition) is 16. The first-order valence-electron chi connectivity index (χ1n) is 16.7. The number of carbonyl (C=O) groups excluding carboxylic acids is 2. The van der Waals surface area contributed by atoms with Crippen LogP contribution in [0.5, 0.6) is 23.0 Å². The average Bonchev–Trinajstić information content (AvgIpc) is 3.19. The molecule has 58 heavy (non-hydrogen) atoms. The van der Waals surface area contributed by atoms with Gasteiger partial charge in [-0.3, -0.25) is 28.8 Å². The Morgan fingerprint density at radius 1 is 0.517 bits per heavy atom. The summed E-state index contributed by atoms with van der Waals surface area (Å²) in [6, 6.07) is 15.3. The van der Waals surface area contributed by atoms with Crippen molar-refractivity contribution < 1.29 is 68.1 Å². The van der Waals surface area contributed by atoms with Gasteiger partial charge in [0.25, 0.3) is 0 Å². The van der Waals surface area contributed by atoms with Crippen molar-refractivity contribution in [3.63, 3.8) is 0 Å². The molecule has 0 aliphatic rings. The third kappa shape index (κ3) is 10.9. The predicted molar refractivity (Wildman–Crippen MR) is 203 cm³/mol. The Morgan fingerprint density at radius 3 is 1.16 bits per heavy atom. The van der Waals surface area contributed by atoms with Crippen molar-refractivity contribution in [1.82, 2.24) is 0 Å². The zero-order valence-corrected chi connectivity index (χ0v) is 30.6. The highest BCUT2D eigenvalue weighted by molar-refractivity contribution is 6.13. The number of carboxylic acid groups (broad SMARTS) is 4. The fraction of sp³-hybridized carbons (Fsp3) is 0.211. The lowest BCUT2D eigenvalue weighted by Gasteiger charge is -2.25. The number of carbonyl (C=O) groups is 6. The van der Waals surface area contributed by atoms with Gasteiger partial charge in [0, 0.05) is 11.1 Å². The molecule has 0 amide bonds. The normalized spacial score (nSPS) is 10.4. The number of ether oxygens (including phenoxy) is 4. The highest BCUT2D eigenvalue weighted by Crippen LogP contribution is 2.35. The number of nitroso groups, excluding NO2 is 2. The Bertz CT molecular complexity index is 2070. The van der Waals surface area contributed by atoms with Gasteiger partial charge < -0.3 is 49.2 Å². The maximum Gasteiger partial charge on any atom is 0.323 e. The van der Waals surface area contributed by atoms with Crippen LogP contribution in [0.15, 0.2) is 83.2 Å². The summed E-state index contributed by atoms with van der Waals surface area (Å²) in [5.41, 5.74) is -1.04. The van der Waals surface area contributed by atoms with E-state index in [1.807, 2.05) is 0 Å². The van der Waals surface area contributed by atoms with Crippen LogP contribution in [0, 0.1) is 9.81 Å². The SMILES string of the molecule is COc1ccc(N=O)c(C(=O)c2ccc(N(CC(=O)O)CC(=O)O)c(OCCOc3cc(C(=O)c4cc(OC)ccc4N=O)ccc3N(CC(=O)O)CC(=O)O)c2)c1. The summed E-state index contributed by atoms with van der Waals surface area (Å²) in [7, 11) is 2.68. The zero-order valence-electron chi connectivity index (χ0n) is 30.6. The van der Waals surface area contributed by atoms with Gasteiger partial charge in [-0.1, -0.05) is 0 Å². The lowest BCUT2D eigenvalue weighted by Crippen LogP contribution is -2.35. The molecule has 0 aromatic heterocycles. The Morgan fingerprint density at radius 2 is 0.862 bits per heavy atom. The Balaban J connectivity index is 1.74. The van der Waals surface area contributed by atoms with Gasteiger partial charge in [0.05, 0.1) is 36.7 Å². The summed E-state index contributed by atoms with van der Waals surface area (Å²) in [4.78, 5) is 99.1. The van der Waals surface area contributed by atoms with Crippen LogP contribution in [-0.2, 0) is 19.2 Å². The van der Waals surface area contributed by atoms with Gasteiger partial charge in [0.15, 0.2) is 11.6 Å². The van der Waals surface area contributed by atoms with Crippen molar-refractivity contribution in [3.05, 3.63) is 105 Å². The van der Waals surface area contributed by atoms with Crippen molar-refractivity contribution in [2.75, 3.05) is 63.4 Å². The minimum absolute atomic E-state index is 0.0685. The molecule has 0 saturated heterocycles. The number of benzene rings is 4. The highest BCUT2D eigenvalue weighted by Gasteiger charge is 2.25. The molecule has 0 unspecified atom stereocenters. The molecule has 0 aliphatic carbocycles. The van der Waals surface area contributed by atoms with E-state index in [1.54, 1.807) is 0 Å². The predicted octanol–water partition coefficient (Wildman–Crippen LogP) is 4.37.